The third kappa shape index (κ3) is 3.93. The van der Waals surface area contributed by atoms with Crippen molar-refractivity contribution in [3.8, 4) is 5.75 Å². The zero-order chi connectivity index (χ0) is 14.4. The molecule has 4 nitrogen and oxygen atoms in total. The smallest absolute Gasteiger partial charge is 0.122 e. The predicted octanol–water partition coefficient (Wildman–Crippen LogP) is 2.36. The van der Waals surface area contributed by atoms with Crippen LogP contribution in [0.4, 0.5) is 0 Å². The van der Waals surface area contributed by atoms with E-state index in [-0.39, 0.29) is 6.04 Å². The van der Waals surface area contributed by atoms with Gasteiger partial charge in [-0.05, 0) is 42.3 Å². The topological polar surface area (TPSA) is 60.2 Å². The molecule has 2 rings (SSSR count). The van der Waals surface area contributed by atoms with Crippen LogP contribution < -0.4 is 16.0 Å². The van der Waals surface area contributed by atoms with E-state index < -0.39 is 0 Å². The zero-order valence-corrected chi connectivity index (χ0v) is 12.1. The first-order valence-corrected chi connectivity index (χ1v) is 6.79. The number of nitrogens with zero attached hydrogens (tertiary/aromatic N) is 1. The number of methoxy groups -OCH3 is 1. The fourth-order valence-corrected chi connectivity index (χ4v) is 2.33. The van der Waals surface area contributed by atoms with Crippen molar-refractivity contribution >= 4 is 11.6 Å². The maximum absolute atomic E-state index is 6.04. The molecule has 106 valence electrons. The minimum absolute atomic E-state index is 0.0669. The minimum atomic E-state index is 0.0669. The van der Waals surface area contributed by atoms with Gasteiger partial charge in [0.05, 0.1) is 7.11 Å². The Hall–Kier alpha value is -1.62. The monoisotopic (exact) mass is 291 g/mol. The lowest BCUT2D eigenvalue weighted by atomic mass is 10.0. The van der Waals surface area contributed by atoms with Gasteiger partial charge in [-0.1, -0.05) is 17.7 Å². The van der Waals surface area contributed by atoms with E-state index in [0.717, 1.165) is 29.8 Å². The lowest BCUT2D eigenvalue weighted by Crippen LogP contribution is -2.38. The van der Waals surface area contributed by atoms with Crippen LogP contribution in [0, 0.1) is 0 Å². The Morgan fingerprint density at radius 3 is 2.80 bits per heavy atom. The molecule has 5 heteroatoms. The van der Waals surface area contributed by atoms with Crippen LogP contribution in [0.3, 0.4) is 0 Å². The summed E-state index contributed by atoms with van der Waals surface area (Å²) in [6.07, 6.45) is 3.24. The summed E-state index contributed by atoms with van der Waals surface area (Å²) in [5, 5.41) is 0.689. The van der Waals surface area contributed by atoms with Crippen LogP contribution in [-0.4, -0.2) is 18.1 Å². The van der Waals surface area contributed by atoms with E-state index >= 15 is 0 Å². The minimum Gasteiger partial charge on any atom is -0.496 e. The Morgan fingerprint density at radius 1 is 1.30 bits per heavy atom. The second-order valence-corrected chi connectivity index (χ2v) is 4.99. The molecule has 0 radical (unpaired) electrons. The highest BCUT2D eigenvalue weighted by Crippen LogP contribution is 2.24. The van der Waals surface area contributed by atoms with Crippen molar-refractivity contribution < 1.29 is 4.74 Å². The number of ether oxygens (including phenoxy) is 1. The highest BCUT2D eigenvalue weighted by molar-refractivity contribution is 6.30. The molecule has 0 aliphatic rings. The van der Waals surface area contributed by atoms with Crippen molar-refractivity contribution in [2.24, 2.45) is 5.84 Å². The van der Waals surface area contributed by atoms with Crippen LogP contribution in [0.2, 0.25) is 5.02 Å². The number of nitrogens with two attached hydrogens (primary N) is 1. The van der Waals surface area contributed by atoms with Gasteiger partial charge in [-0.2, -0.15) is 0 Å². The fourth-order valence-electron chi connectivity index (χ4n) is 2.13. The molecule has 0 spiro atoms. The molecule has 20 heavy (non-hydrogen) atoms. The summed E-state index contributed by atoms with van der Waals surface area (Å²) < 4.78 is 5.35. The van der Waals surface area contributed by atoms with Crippen LogP contribution in [0.15, 0.2) is 42.6 Å². The highest BCUT2D eigenvalue weighted by Gasteiger charge is 2.13. The summed E-state index contributed by atoms with van der Waals surface area (Å²) in [7, 11) is 1.65. The number of rotatable bonds is 6. The second-order valence-electron chi connectivity index (χ2n) is 4.55. The Labute approximate surface area is 123 Å². The average Bonchev–Trinajstić information content (AvgIpc) is 2.48. The molecule has 1 aromatic carbocycles. The molecule has 1 unspecified atom stereocenters. The van der Waals surface area contributed by atoms with Crippen LogP contribution >= 0.6 is 11.6 Å². The van der Waals surface area contributed by atoms with Crippen LogP contribution in [0.1, 0.15) is 11.3 Å². The average molecular weight is 292 g/mol. The van der Waals surface area contributed by atoms with Crippen molar-refractivity contribution in [1.82, 2.24) is 10.4 Å². The van der Waals surface area contributed by atoms with E-state index in [2.05, 4.69) is 10.4 Å². The maximum Gasteiger partial charge on any atom is 0.122 e. The van der Waals surface area contributed by atoms with Crippen molar-refractivity contribution in [1.29, 1.82) is 0 Å². The molecule has 0 aliphatic carbocycles. The number of hydrazine groups is 1. The molecule has 0 bridgehead atoms. The number of halogens is 1. The molecule has 1 atom stereocenters. The van der Waals surface area contributed by atoms with Crippen molar-refractivity contribution in [3.05, 3.63) is 58.9 Å². The van der Waals surface area contributed by atoms with Gasteiger partial charge in [-0.15, -0.1) is 0 Å². The standard InChI is InChI=1S/C15H18ClN3O/c1-20-15-6-5-12(16)8-11(15)9-14(19-17)10-13-4-2-3-7-18-13/h2-8,14,19H,9-10,17H2,1H3. The van der Waals surface area contributed by atoms with Crippen molar-refractivity contribution in [2.75, 3.05) is 7.11 Å². The molecule has 0 amide bonds. The summed E-state index contributed by atoms with van der Waals surface area (Å²) in [4.78, 5) is 4.32. The predicted molar refractivity (Wildman–Crippen MR) is 80.8 cm³/mol. The lowest BCUT2D eigenvalue weighted by Gasteiger charge is -2.17. The maximum atomic E-state index is 6.04. The Morgan fingerprint density at radius 2 is 2.15 bits per heavy atom. The number of benzene rings is 1. The molecule has 0 saturated heterocycles. The van der Waals surface area contributed by atoms with Crippen LogP contribution in [0.5, 0.6) is 5.75 Å². The molecule has 2 aromatic rings. The molecule has 3 N–H and O–H groups in total. The van der Waals surface area contributed by atoms with E-state index in [1.165, 1.54) is 0 Å². The van der Waals surface area contributed by atoms with Crippen molar-refractivity contribution in [3.63, 3.8) is 0 Å². The fraction of sp³-hybridized carbons (Fsp3) is 0.267. The van der Waals surface area contributed by atoms with Gasteiger partial charge in [0.1, 0.15) is 5.75 Å². The molecule has 0 fully saturated rings. The lowest BCUT2D eigenvalue weighted by molar-refractivity contribution is 0.404. The number of hydrogen-bond acceptors (Lipinski definition) is 4. The molecular formula is C15H18ClN3O. The highest BCUT2D eigenvalue weighted by atomic mass is 35.5. The van der Waals surface area contributed by atoms with Gasteiger partial charge in [0, 0.05) is 29.4 Å². The van der Waals surface area contributed by atoms with E-state index in [1.54, 1.807) is 13.3 Å². The molecule has 0 aliphatic heterocycles. The summed E-state index contributed by atoms with van der Waals surface area (Å²) >= 11 is 6.04. The first-order chi connectivity index (χ1) is 9.72. The molecular weight excluding hydrogens is 274 g/mol. The van der Waals surface area contributed by atoms with Crippen LogP contribution in [-0.2, 0) is 12.8 Å². The number of pyridine rings is 1. The van der Waals surface area contributed by atoms with E-state index in [4.69, 9.17) is 22.2 Å². The SMILES string of the molecule is COc1ccc(Cl)cc1CC(Cc1ccccn1)NN. The van der Waals surface area contributed by atoms with Crippen LogP contribution in [0.25, 0.3) is 0 Å². The van der Waals surface area contributed by atoms with Gasteiger partial charge < -0.3 is 4.74 Å². The quantitative estimate of drug-likeness (QED) is 0.634. The number of aromatic nitrogens is 1. The Kier molecular flexibility index (Phi) is 5.35. The molecule has 1 heterocycles. The third-order valence-corrected chi connectivity index (χ3v) is 3.36. The van der Waals surface area contributed by atoms with Gasteiger partial charge >= 0.3 is 0 Å². The largest absolute Gasteiger partial charge is 0.496 e. The third-order valence-electron chi connectivity index (χ3n) is 3.13. The summed E-state index contributed by atoms with van der Waals surface area (Å²) in [6.45, 7) is 0. The van der Waals surface area contributed by atoms with Gasteiger partial charge in [-0.25, -0.2) is 0 Å². The summed E-state index contributed by atoms with van der Waals surface area (Å²) in [6, 6.07) is 11.5. The van der Waals surface area contributed by atoms with Gasteiger partial charge in [0.15, 0.2) is 0 Å². The van der Waals surface area contributed by atoms with E-state index in [0.29, 0.717) is 5.02 Å². The van der Waals surface area contributed by atoms with Gasteiger partial charge in [0.2, 0.25) is 0 Å². The first-order valence-electron chi connectivity index (χ1n) is 6.41. The summed E-state index contributed by atoms with van der Waals surface area (Å²) in [5.74, 6) is 6.46. The second kappa shape index (κ2) is 7.24. The normalized spacial score (nSPS) is 12.2. The van der Waals surface area contributed by atoms with Gasteiger partial charge in [0.25, 0.3) is 0 Å². The number of nitrogens with one attached hydrogen (secondary N) is 1. The Balaban J connectivity index is 2.12. The van der Waals surface area contributed by atoms with Crippen molar-refractivity contribution in [2.45, 2.75) is 18.9 Å². The number of hydrogen-bond donors (Lipinski definition) is 2. The Bertz CT molecular complexity index is 548. The van der Waals surface area contributed by atoms with E-state index in [1.807, 2.05) is 36.4 Å². The van der Waals surface area contributed by atoms with E-state index in [9.17, 15) is 0 Å². The summed E-state index contributed by atoms with van der Waals surface area (Å²) in [5.41, 5.74) is 4.85. The molecule has 1 aromatic heterocycles. The first kappa shape index (κ1) is 14.8. The molecule has 0 saturated carbocycles. The van der Waals surface area contributed by atoms with Gasteiger partial charge in [-0.3, -0.25) is 16.3 Å². The zero-order valence-electron chi connectivity index (χ0n) is 11.3.